The first-order valence-corrected chi connectivity index (χ1v) is 8.78. The highest BCUT2D eigenvalue weighted by Crippen LogP contribution is 2.33. The van der Waals surface area contributed by atoms with Crippen LogP contribution < -0.4 is 16.0 Å². The minimum absolute atomic E-state index is 0.0434. The highest BCUT2D eigenvalue weighted by Gasteiger charge is 2.34. The molecule has 28 heavy (non-hydrogen) atoms. The van der Waals surface area contributed by atoms with Gasteiger partial charge in [-0.05, 0) is 38.1 Å². The van der Waals surface area contributed by atoms with Crippen molar-refractivity contribution in [2.75, 3.05) is 31.5 Å². The van der Waals surface area contributed by atoms with Crippen LogP contribution in [0, 0.1) is 0 Å². The molecule has 2 aromatic heterocycles. The summed E-state index contributed by atoms with van der Waals surface area (Å²) in [5.41, 5.74) is -2.09. The van der Waals surface area contributed by atoms with Gasteiger partial charge in [0.25, 0.3) is 0 Å². The summed E-state index contributed by atoms with van der Waals surface area (Å²) in [5, 5.41) is 19.1. The van der Waals surface area contributed by atoms with E-state index in [0.29, 0.717) is 24.8 Å². The van der Waals surface area contributed by atoms with E-state index in [9.17, 15) is 18.3 Å². The van der Waals surface area contributed by atoms with Gasteiger partial charge in [0.1, 0.15) is 17.2 Å². The molecule has 0 fully saturated rings. The molecule has 154 valence electrons. The lowest BCUT2D eigenvalue weighted by Gasteiger charge is -2.19. The highest BCUT2D eigenvalue weighted by molar-refractivity contribution is 5.79. The van der Waals surface area contributed by atoms with Gasteiger partial charge >= 0.3 is 6.18 Å². The molecular formula is C18H24F3N5O2. The number of aromatic nitrogens is 1. The molecule has 0 aromatic carbocycles. The quantitative estimate of drug-likeness (QED) is 0.310. The molecule has 0 radical (unpaired) electrons. The summed E-state index contributed by atoms with van der Waals surface area (Å²) in [6.45, 7) is 4.58. The van der Waals surface area contributed by atoms with Gasteiger partial charge < -0.3 is 25.5 Å². The molecule has 4 N–H and O–H groups in total. The molecule has 7 nitrogen and oxygen atoms in total. The Labute approximate surface area is 161 Å². The monoisotopic (exact) mass is 399 g/mol. The summed E-state index contributed by atoms with van der Waals surface area (Å²) in [4.78, 5) is 8.05. The van der Waals surface area contributed by atoms with Crippen LogP contribution in [0.25, 0.3) is 0 Å². The van der Waals surface area contributed by atoms with Crippen LogP contribution in [0.4, 0.5) is 19.0 Å². The van der Waals surface area contributed by atoms with Crippen LogP contribution in [0.15, 0.2) is 46.1 Å². The molecule has 1 unspecified atom stereocenters. The fraction of sp³-hybridized carbons (Fsp3) is 0.444. The van der Waals surface area contributed by atoms with Gasteiger partial charge in [-0.15, -0.1) is 0 Å². The third-order valence-electron chi connectivity index (χ3n) is 3.76. The van der Waals surface area contributed by atoms with Crippen molar-refractivity contribution in [2.45, 2.75) is 25.6 Å². The lowest BCUT2D eigenvalue weighted by Crippen LogP contribution is -2.40. The number of furan rings is 1. The lowest BCUT2D eigenvalue weighted by atomic mass is 10.0. The van der Waals surface area contributed by atoms with E-state index in [-0.39, 0.29) is 18.9 Å². The zero-order valence-electron chi connectivity index (χ0n) is 15.7. The van der Waals surface area contributed by atoms with Crippen LogP contribution in [0.5, 0.6) is 0 Å². The van der Waals surface area contributed by atoms with E-state index >= 15 is 0 Å². The molecule has 2 aromatic rings. The zero-order valence-corrected chi connectivity index (χ0v) is 15.7. The summed E-state index contributed by atoms with van der Waals surface area (Å²) in [6.07, 6.45) is -1.71. The third-order valence-corrected chi connectivity index (χ3v) is 3.76. The Morgan fingerprint density at radius 1 is 1.21 bits per heavy atom. The Hall–Kier alpha value is -2.75. The highest BCUT2D eigenvalue weighted by atomic mass is 19.4. The van der Waals surface area contributed by atoms with E-state index in [4.69, 9.17) is 4.42 Å². The van der Waals surface area contributed by atoms with E-state index in [1.807, 2.05) is 6.92 Å². The molecule has 1 atom stereocenters. The first-order chi connectivity index (χ1) is 13.2. The van der Waals surface area contributed by atoms with Gasteiger partial charge in [0.2, 0.25) is 0 Å². The molecule has 2 rings (SSSR count). The molecule has 0 amide bonds. The molecule has 0 spiro atoms. The van der Waals surface area contributed by atoms with Crippen LogP contribution in [-0.2, 0) is 11.8 Å². The fourth-order valence-electron chi connectivity index (χ4n) is 2.37. The number of nitrogens with one attached hydrogen (secondary N) is 3. The van der Waals surface area contributed by atoms with Crippen molar-refractivity contribution in [2.24, 2.45) is 4.99 Å². The minimum atomic E-state index is -4.47. The molecule has 0 saturated carbocycles. The minimum Gasteiger partial charge on any atom is -0.466 e. The SMILES string of the molecule is CCNC(=NCC(C)(O)c1ccco1)NCCNc1ncccc1C(F)(F)F. The van der Waals surface area contributed by atoms with E-state index in [1.54, 1.807) is 19.1 Å². The number of aliphatic hydroxyl groups is 1. The Balaban J connectivity index is 1.90. The lowest BCUT2D eigenvalue weighted by molar-refractivity contribution is -0.137. The van der Waals surface area contributed by atoms with Crippen LogP contribution in [0.2, 0.25) is 0 Å². The number of hydrogen-bond acceptors (Lipinski definition) is 5. The second kappa shape index (κ2) is 9.45. The summed E-state index contributed by atoms with van der Waals surface area (Å²) in [6, 6.07) is 5.55. The average molecular weight is 399 g/mol. The van der Waals surface area contributed by atoms with E-state index in [0.717, 1.165) is 6.07 Å². The number of rotatable bonds is 8. The van der Waals surface area contributed by atoms with Crippen LogP contribution in [0.1, 0.15) is 25.2 Å². The van der Waals surface area contributed by atoms with Crippen LogP contribution in [-0.4, -0.2) is 42.2 Å². The number of nitrogens with zero attached hydrogens (tertiary/aromatic N) is 2. The molecule has 0 aliphatic carbocycles. The maximum atomic E-state index is 13.0. The Bertz CT molecular complexity index is 761. The molecule has 0 saturated heterocycles. The second-order valence-corrected chi connectivity index (χ2v) is 6.20. The van der Waals surface area contributed by atoms with Gasteiger partial charge in [-0.25, -0.2) is 9.98 Å². The largest absolute Gasteiger partial charge is 0.466 e. The summed E-state index contributed by atoms with van der Waals surface area (Å²) < 4.78 is 44.1. The molecule has 2 heterocycles. The number of halogens is 3. The maximum Gasteiger partial charge on any atom is 0.419 e. The van der Waals surface area contributed by atoms with Crippen molar-refractivity contribution >= 4 is 11.8 Å². The number of pyridine rings is 1. The fourth-order valence-corrected chi connectivity index (χ4v) is 2.37. The van der Waals surface area contributed by atoms with Crippen molar-refractivity contribution < 1.29 is 22.7 Å². The number of alkyl halides is 3. The Morgan fingerprint density at radius 2 is 2.00 bits per heavy atom. The Kier molecular flexibility index (Phi) is 7.27. The van der Waals surface area contributed by atoms with Gasteiger partial charge in [-0.2, -0.15) is 13.2 Å². The van der Waals surface area contributed by atoms with E-state index < -0.39 is 17.3 Å². The molecular weight excluding hydrogens is 375 g/mol. The topological polar surface area (TPSA) is 94.7 Å². The summed E-state index contributed by atoms with van der Waals surface area (Å²) in [7, 11) is 0. The standard InChI is InChI=1S/C18H24F3N5O2/c1-3-22-16(26-12-17(2,27)14-7-5-11-28-14)25-10-9-24-15-13(18(19,20)21)6-4-8-23-15/h4-8,11,27H,3,9-10,12H2,1-2H3,(H,23,24)(H2,22,25,26). The van der Waals surface area contributed by atoms with Gasteiger partial charge in [0.15, 0.2) is 5.96 Å². The first kappa shape index (κ1) is 21.5. The van der Waals surface area contributed by atoms with Crippen molar-refractivity contribution in [1.82, 2.24) is 15.6 Å². The third kappa shape index (κ3) is 6.15. The average Bonchev–Trinajstić information content (AvgIpc) is 3.18. The molecule has 0 aliphatic heterocycles. The second-order valence-electron chi connectivity index (χ2n) is 6.20. The zero-order chi connectivity index (χ0) is 20.6. The number of anilines is 1. The smallest absolute Gasteiger partial charge is 0.419 e. The van der Waals surface area contributed by atoms with Gasteiger partial charge in [-0.3, -0.25) is 0 Å². The first-order valence-electron chi connectivity index (χ1n) is 8.78. The van der Waals surface area contributed by atoms with Crippen molar-refractivity contribution in [1.29, 1.82) is 0 Å². The van der Waals surface area contributed by atoms with Gasteiger partial charge in [-0.1, -0.05) is 0 Å². The van der Waals surface area contributed by atoms with Gasteiger partial charge in [0, 0.05) is 25.8 Å². The van der Waals surface area contributed by atoms with Crippen LogP contribution >= 0.6 is 0 Å². The molecule has 0 bridgehead atoms. The maximum absolute atomic E-state index is 13.0. The van der Waals surface area contributed by atoms with E-state index in [2.05, 4.69) is 25.9 Å². The van der Waals surface area contributed by atoms with E-state index in [1.165, 1.54) is 18.5 Å². The van der Waals surface area contributed by atoms with Crippen molar-refractivity contribution in [3.63, 3.8) is 0 Å². The normalized spacial score (nSPS) is 14.4. The predicted molar refractivity (Wildman–Crippen MR) is 100.0 cm³/mol. The van der Waals surface area contributed by atoms with Crippen molar-refractivity contribution in [3.8, 4) is 0 Å². The Morgan fingerprint density at radius 3 is 2.64 bits per heavy atom. The number of guanidine groups is 1. The molecule has 0 aliphatic rings. The van der Waals surface area contributed by atoms with Crippen molar-refractivity contribution in [3.05, 3.63) is 48.0 Å². The van der Waals surface area contributed by atoms with Gasteiger partial charge in [0.05, 0.1) is 18.4 Å². The summed E-state index contributed by atoms with van der Waals surface area (Å²) >= 11 is 0. The number of aliphatic imine (C=N–C) groups is 1. The van der Waals surface area contributed by atoms with Crippen LogP contribution in [0.3, 0.4) is 0 Å². The summed E-state index contributed by atoms with van der Waals surface area (Å²) in [5.74, 6) is 0.594. The molecule has 10 heteroatoms. The predicted octanol–water partition coefficient (Wildman–Crippen LogP) is 2.57. The number of hydrogen-bond donors (Lipinski definition) is 4.